The van der Waals surface area contributed by atoms with Gasteiger partial charge in [0.15, 0.2) is 9.84 Å². The van der Waals surface area contributed by atoms with E-state index in [2.05, 4.69) is 0 Å². The summed E-state index contributed by atoms with van der Waals surface area (Å²) in [6.45, 7) is -0.921. The van der Waals surface area contributed by atoms with E-state index >= 15 is 0 Å². The summed E-state index contributed by atoms with van der Waals surface area (Å²) in [5.41, 5.74) is 1.13. The van der Waals surface area contributed by atoms with Crippen LogP contribution in [-0.2, 0) is 19.9 Å². The highest BCUT2D eigenvalue weighted by molar-refractivity contribution is 7.92. The van der Waals surface area contributed by atoms with Gasteiger partial charge in [0.1, 0.15) is 0 Å². The molecular weight excluding hydrogens is 402 g/mol. The lowest BCUT2D eigenvalue weighted by Crippen LogP contribution is -2.46. The second-order valence-corrected chi connectivity index (χ2v) is 12.0. The number of sulfonamides is 1. The van der Waals surface area contributed by atoms with Crippen LogP contribution in [0.4, 0.5) is 0 Å². The van der Waals surface area contributed by atoms with Gasteiger partial charge in [-0.25, -0.2) is 16.8 Å². The van der Waals surface area contributed by atoms with Crippen LogP contribution in [0.25, 0.3) is 0 Å². The molecule has 1 aliphatic heterocycles. The number of rotatable bonds is 7. The van der Waals surface area contributed by atoms with E-state index in [0.717, 1.165) is 22.7 Å². The van der Waals surface area contributed by atoms with E-state index in [9.17, 15) is 21.9 Å². The molecule has 0 aromatic heterocycles. The Kier molecular flexibility index (Phi) is 6.81. The summed E-state index contributed by atoms with van der Waals surface area (Å²) in [5.74, 6) is 0.127. The maximum Gasteiger partial charge on any atom is 0.243 e. The Bertz CT molecular complexity index is 860. The van der Waals surface area contributed by atoms with Gasteiger partial charge >= 0.3 is 0 Å². The van der Waals surface area contributed by atoms with Crippen LogP contribution < -0.4 is 0 Å². The van der Waals surface area contributed by atoms with Gasteiger partial charge in [-0.2, -0.15) is 4.31 Å². The van der Waals surface area contributed by atoms with Crippen molar-refractivity contribution in [3.63, 3.8) is 0 Å². The molecule has 7 nitrogen and oxygen atoms in total. The molecular formula is C19H29NO6S2. The molecule has 0 unspecified atom stereocenters. The highest BCUT2D eigenvalue weighted by Gasteiger charge is 2.39. The third-order valence-corrected chi connectivity index (χ3v) is 9.46. The summed E-state index contributed by atoms with van der Waals surface area (Å²) in [6.07, 6.45) is 4.78. The summed E-state index contributed by atoms with van der Waals surface area (Å²) in [6, 6.07) is 6.10. The van der Waals surface area contributed by atoms with Crippen molar-refractivity contribution >= 4 is 19.9 Å². The first-order chi connectivity index (χ1) is 13.2. The number of hydrogen-bond acceptors (Lipinski definition) is 6. The molecule has 1 saturated heterocycles. The van der Waals surface area contributed by atoms with Gasteiger partial charge in [0.25, 0.3) is 0 Å². The maximum atomic E-state index is 13.2. The van der Waals surface area contributed by atoms with E-state index < -0.39 is 38.6 Å². The SMILES string of the molecule is O=S1(=O)CC[C@@H](N(C[C@H](O)CO)S(=O)(=O)c2ccc(C3CCCCC3)cc2)C1. The van der Waals surface area contributed by atoms with Gasteiger partial charge < -0.3 is 10.2 Å². The number of hydrogen-bond donors (Lipinski definition) is 2. The molecule has 0 bridgehead atoms. The van der Waals surface area contributed by atoms with Gasteiger partial charge in [-0.15, -0.1) is 0 Å². The van der Waals surface area contributed by atoms with Crippen molar-refractivity contribution in [2.75, 3.05) is 24.7 Å². The minimum Gasteiger partial charge on any atom is -0.394 e. The molecule has 1 aromatic carbocycles. The molecule has 9 heteroatoms. The lowest BCUT2D eigenvalue weighted by Gasteiger charge is -2.29. The second-order valence-electron chi connectivity index (χ2n) is 7.87. The molecule has 1 aromatic rings. The average Bonchev–Trinajstić information content (AvgIpc) is 3.05. The smallest absolute Gasteiger partial charge is 0.243 e. The highest BCUT2D eigenvalue weighted by atomic mass is 32.2. The highest BCUT2D eigenvalue weighted by Crippen LogP contribution is 2.33. The van der Waals surface area contributed by atoms with Gasteiger partial charge in [0.2, 0.25) is 10.0 Å². The molecule has 1 saturated carbocycles. The Morgan fingerprint density at radius 3 is 2.25 bits per heavy atom. The van der Waals surface area contributed by atoms with E-state index in [-0.39, 0.29) is 29.4 Å². The van der Waals surface area contributed by atoms with Crippen LogP contribution in [0, 0.1) is 0 Å². The number of aliphatic hydroxyl groups excluding tert-OH is 2. The first-order valence-electron chi connectivity index (χ1n) is 9.84. The number of benzene rings is 1. The standard InChI is InChI=1S/C19H29NO6S2/c21-13-18(22)12-20(17-10-11-27(23,24)14-17)28(25,26)19-8-6-16(7-9-19)15-4-2-1-3-5-15/h6-9,15,17-18,21-22H,1-5,10-14H2/t17-,18+/m1/s1. The molecule has 0 amide bonds. The third-order valence-electron chi connectivity index (χ3n) is 5.78. The Balaban J connectivity index is 1.85. The van der Waals surface area contributed by atoms with E-state index in [1.165, 1.54) is 19.3 Å². The fourth-order valence-electron chi connectivity index (χ4n) is 4.19. The maximum absolute atomic E-state index is 13.2. The Morgan fingerprint density at radius 2 is 1.71 bits per heavy atom. The van der Waals surface area contributed by atoms with Crippen molar-refractivity contribution in [2.24, 2.45) is 0 Å². The molecule has 0 radical (unpaired) electrons. The quantitative estimate of drug-likeness (QED) is 0.672. The molecule has 3 rings (SSSR count). The molecule has 2 fully saturated rings. The summed E-state index contributed by atoms with van der Waals surface area (Å²) in [5, 5.41) is 19.0. The van der Waals surface area contributed by atoms with Crippen molar-refractivity contribution in [2.45, 2.75) is 61.5 Å². The van der Waals surface area contributed by atoms with Crippen molar-refractivity contribution in [3.8, 4) is 0 Å². The molecule has 2 atom stereocenters. The molecule has 0 spiro atoms. The van der Waals surface area contributed by atoms with Crippen LogP contribution in [0.1, 0.15) is 50.0 Å². The average molecular weight is 432 g/mol. The van der Waals surface area contributed by atoms with E-state index in [1.54, 1.807) is 12.1 Å². The Hall–Kier alpha value is -1.00. The van der Waals surface area contributed by atoms with Gasteiger partial charge in [0, 0.05) is 12.6 Å². The first kappa shape index (κ1) is 21.7. The van der Waals surface area contributed by atoms with Crippen LogP contribution in [0.15, 0.2) is 29.2 Å². The lowest BCUT2D eigenvalue weighted by molar-refractivity contribution is 0.0730. The number of nitrogens with zero attached hydrogens (tertiary/aromatic N) is 1. The fraction of sp³-hybridized carbons (Fsp3) is 0.684. The molecule has 2 aliphatic rings. The largest absolute Gasteiger partial charge is 0.394 e. The van der Waals surface area contributed by atoms with Crippen LogP contribution in [0.5, 0.6) is 0 Å². The third kappa shape index (κ3) is 4.94. The predicted octanol–water partition coefficient (Wildman–Crippen LogP) is 1.27. The number of aliphatic hydroxyl groups is 2. The van der Waals surface area contributed by atoms with Crippen LogP contribution in [-0.4, -0.2) is 68.2 Å². The van der Waals surface area contributed by atoms with Crippen molar-refractivity contribution in [3.05, 3.63) is 29.8 Å². The minimum atomic E-state index is -3.99. The monoisotopic (exact) mass is 431 g/mol. The van der Waals surface area contributed by atoms with Crippen molar-refractivity contribution in [1.82, 2.24) is 4.31 Å². The van der Waals surface area contributed by atoms with Gasteiger partial charge in [-0.1, -0.05) is 31.4 Å². The van der Waals surface area contributed by atoms with Crippen molar-refractivity contribution < 1.29 is 27.0 Å². The summed E-state index contributed by atoms with van der Waals surface area (Å²) < 4.78 is 51.2. The second kappa shape index (κ2) is 8.79. The van der Waals surface area contributed by atoms with Crippen LogP contribution in [0.2, 0.25) is 0 Å². The molecule has 1 aliphatic carbocycles. The fourth-order valence-corrected chi connectivity index (χ4v) is 7.71. The zero-order chi connectivity index (χ0) is 20.4. The Labute approximate surface area is 167 Å². The Morgan fingerprint density at radius 1 is 1.07 bits per heavy atom. The molecule has 1 heterocycles. The zero-order valence-electron chi connectivity index (χ0n) is 15.9. The molecule has 158 valence electrons. The van der Waals surface area contributed by atoms with E-state index in [1.807, 2.05) is 12.1 Å². The summed E-state index contributed by atoms with van der Waals surface area (Å²) in [4.78, 5) is 0.0847. The topological polar surface area (TPSA) is 112 Å². The predicted molar refractivity (Wildman–Crippen MR) is 106 cm³/mol. The van der Waals surface area contributed by atoms with Crippen molar-refractivity contribution in [1.29, 1.82) is 0 Å². The van der Waals surface area contributed by atoms with Gasteiger partial charge in [-0.3, -0.25) is 0 Å². The van der Waals surface area contributed by atoms with Gasteiger partial charge in [-0.05, 0) is 42.9 Å². The van der Waals surface area contributed by atoms with Crippen LogP contribution in [0.3, 0.4) is 0 Å². The van der Waals surface area contributed by atoms with Gasteiger partial charge in [0.05, 0.1) is 29.1 Å². The molecule has 28 heavy (non-hydrogen) atoms. The summed E-state index contributed by atoms with van der Waals surface area (Å²) in [7, 11) is -7.29. The first-order valence-corrected chi connectivity index (χ1v) is 13.1. The minimum absolute atomic E-state index is 0.0699. The molecule has 2 N–H and O–H groups in total. The van der Waals surface area contributed by atoms with E-state index in [4.69, 9.17) is 5.11 Å². The normalized spacial score (nSPS) is 24.5. The van der Waals surface area contributed by atoms with E-state index in [0.29, 0.717) is 5.92 Å². The van der Waals surface area contributed by atoms with Crippen LogP contribution >= 0.6 is 0 Å². The number of sulfone groups is 1. The lowest BCUT2D eigenvalue weighted by atomic mass is 9.84. The zero-order valence-corrected chi connectivity index (χ0v) is 17.5. The summed E-state index contributed by atoms with van der Waals surface area (Å²) >= 11 is 0.